The van der Waals surface area contributed by atoms with Gasteiger partial charge >= 0.3 is 0 Å². The lowest BCUT2D eigenvalue weighted by Gasteiger charge is -2.42. The summed E-state index contributed by atoms with van der Waals surface area (Å²) < 4.78 is 30.5. The van der Waals surface area contributed by atoms with Crippen molar-refractivity contribution < 1.29 is 23.4 Å². The van der Waals surface area contributed by atoms with Crippen molar-refractivity contribution in [3.05, 3.63) is 83.0 Å². The Labute approximate surface area is 322 Å². The molecule has 0 aliphatic heterocycles. The van der Waals surface area contributed by atoms with E-state index in [0.29, 0.717) is 54.6 Å². The van der Waals surface area contributed by atoms with Crippen LogP contribution < -0.4 is 9.47 Å². The summed E-state index contributed by atoms with van der Waals surface area (Å²) in [7, 11) is 1.26. The van der Waals surface area contributed by atoms with Gasteiger partial charge in [0.1, 0.15) is 6.10 Å². The molecule has 1 atom stereocenters. The van der Waals surface area contributed by atoms with Gasteiger partial charge in [-0.3, -0.25) is 0 Å². The third kappa shape index (κ3) is 18.1. The van der Waals surface area contributed by atoms with Gasteiger partial charge in [0, 0.05) is 0 Å². The number of methoxy groups -OCH3 is 2. The van der Waals surface area contributed by atoms with Crippen molar-refractivity contribution in [2.45, 2.75) is 157 Å². The van der Waals surface area contributed by atoms with Gasteiger partial charge in [0.05, 0.1) is 40.6 Å². The maximum atomic E-state index is 6.95. The van der Waals surface area contributed by atoms with Crippen molar-refractivity contribution in [2.75, 3.05) is 34.0 Å². The van der Waals surface area contributed by atoms with E-state index in [1.54, 1.807) is 14.2 Å². The number of ether oxygens (including phenoxy) is 4. The molecule has 0 unspecified atom stereocenters. The predicted molar refractivity (Wildman–Crippen MR) is 227 cm³/mol. The second-order valence-corrected chi connectivity index (χ2v) is 22.1. The summed E-state index contributed by atoms with van der Waals surface area (Å²) in [5.41, 5.74) is 8.21. The van der Waals surface area contributed by atoms with E-state index in [4.69, 9.17) is 23.4 Å². The van der Waals surface area contributed by atoms with Crippen LogP contribution in [0.15, 0.2) is 77.5 Å². The molecule has 0 radical (unpaired) electrons. The van der Waals surface area contributed by atoms with E-state index in [1.807, 2.05) is 18.2 Å². The van der Waals surface area contributed by atoms with E-state index in [2.05, 4.69) is 120 Å². The molecule has 1 rings (SSSR count). The molecule has 0 saturated carbocycles. The van der Waals surface area contributed by atoms with Crippen molar-refractivity contribution in [1.82, 2.24) is 0 Å². The maximum Gasteiger partial charge on any atom is 0.200 e. The summed E-state index contributed by atoms with van der Waals surface area (Å²) in [6.07, 6.45) is 18.9. The van der Waals surface area contributed by atoms with Gasteiger partial charge < -0.3 is 23.4 Å². The van der Waals surface area contributed by atoms with E-state index in [9.17, 15) is 0 Å². The normalized spacial score (nSPS) is 13.8. The third-order valence-electron chi connectivity index (χ3n) is 10.2. The molecule has 1 aromatic rings. The standard InChI is InChI=1S/C46H78O5Si/c1-35(2)19-18-21-39(9)22-23-41(11)26-29-46(12,13)28-17-16-20-40(10)27-30-50-43(34-51-52(36(3)4,37(5)6)38(7)8)33-49-32-42-24-25-44(47-14)45(31-42)48-15/h17,19,22,24-25,27-28,31,36-38,43H,11,16,18,20-21,23,26,29-30,32-34H2,1-10,12-15H3/b28-17+,39-22+,40-27-/t43-/m1/s1. The van der Waals surface area contributed by atoms with Crippen molar-refractivity contribution in [1.29, 1.82) is 0 Å². The zero-order valence-corrected chi connectivity index (χ0v) is 37.0. The fraction of sp³-hybridized carbons (Fsp3) is 0.652. The minimum atomic E-state index is -2.04. The van der Waals surface area contributed by atoms with Gasteiger partial charge in [0.15, 0.2) is 19.8 Å². The zero-order valence-electron chi connectivity index (χ0n) is 36.0. The first-order valence-electron chi connectivity index (χ1n) is 19.8. The van der Waals surface area contributed by atoms with Crippen LogP contribution in [0.25, 0.3) is 0 Å². The number of benzene rings is 1. The van der Waals surface area contributed by atoms with E-state index in [1.165, 1.54) is 22.3 Å². The van der Waals surface area contributed by atoms with Crippen molar-refractivity contribution in [3.8, 4) is 11.5 Å². The summed E-state index contributed by atoms with van der Waals surface area (Å²) in [5.74, 6) is 1.41. The van der Waals surface area contributed by atoms with Crippen LogP contribution in [0.2, 0.25) is 16.6 Å². The van der Waals surface area contributed by atoms with Crippen LogP contribution >= 0.6 is 0 Å². The van der Waals surface area contributed by atoms with Crippen molar-refractivity contribution >= 4 is 8.32 Å². The monoisotopic (exact) mass is 739 g/mol. The van der Waals surface area contributed by atoms with Crippen LogP contribution in [0.5, 0.6) is 11.5 Å². The Morgan fingerprint density at radius 3 is 2.00 bits per heavy atom. The summed E-state index contributed by atoms with van der Waals surface area (Å²) in [6, 6.07) is 5.89. The Balaban J connectivity index is 2.75. The molecule has 0 fully saturated rings. The minimum absolute atomic E-state index is 0.149. The highest BCUT2D eigenvalue weighted by molar-refractivity contribution is 6.77. The highest BCUT2D eigenvalue weighted by atomic mass is 28.4. The van der Waals surface area contributed by atoms with Gasteiger partial charge in [0.2, 0.25) is 0 Å². The lowest BCUT2D eigenvalue weighted by molar-refractivity contribution is -0.0352. The van der Waals surface area contributed by atoms with Crippen LogP contribution in [0.3, 0.4) is 0 Å². The average molecular weight is 739 g/mol. The molecule has 0 N–H and O–H groups in total. The average Bonchev–Trinajstić information content (AvgIpc) is 3.07. The Morgan fingerprint density at radius 1 is 0.788 bits per heavy atom. The Hall–Kier alpha value is -2.38. The lowest BCUT2D eigenvalue weighted by atomic mass is 9.85. The molecule has 0 bridgehead atoms. The fourth-order valence-electron chi connectivity index (χ4n) is 7.00. The van der Waals surface area contributed by atoms with Gasteiger partial charge in [-0.1, -0.05) is 121 Å². The first kappa shape index (κ1) is 47.6. The molecule has 0 aromatic heterocycles. The molecule has 0 amide bonds. The number of allylic oxidation sites excluding steroid dienone is 8. The molecular formula is C46H78O5Si. The number of hydrogen-bond donors (Lipinski definition) is 0. The molecular weight excluding hydrogens is 661 g/mol. The zero-order chi connectivity index (χ0) is 39.3. The largest absolute Gasteiger partial charge is 0.493 e. The van der Waals surface area contributed by atoms with E-state index < -0.39 is 8.32 Å². The maximum absolute atomic E-state index is 6.95. The molecule has 6 heteroatoms. The summed E-state index contributed by atoms with van der Waals surface area (Å²) in [6.45, 7) is 33.7. The van der Waals surface area contributed by atoms with Gasteiger partial charge in [0.25, 0.3) is 0 Å². The molecule has 0 saturated heterocycles. The van der Waals surface area contributed by atoms with Gasteiger partial charge in [-0.05, 0) is 112 Å². The van der Waals surface area contributed by atoms with Gasteiger partial charge in [-0.25, -0.2) is 0 Å². The smallest absolute Gasteiger partial charge is 0.200 e. The van der Waals surface area contributed by atoms with Crippen LogP contribution in [0.4, 0.5) is 0 Å². The molecule has 0 aliphatic carbocycles. The van der Waals surface area contributed by atoms with Gasteiger partial charge in [-0.15, -0.1) is 0 Å². The SMILES string of the molecule is C=C(C/C=C(\C)CCC=C(C)C)CCC(C)(C)/C=C/CC/C(C)=C\CO[C@H](COCc1ccc(OC)c(OC)c1)CO[Si](C(C)C)(C(C)C)C(C)C. The van der Waals surface area contributed by atoms with Crippen LogP contribution in [-0.2, 0) is 20.5 Å². The minimum Gasteiger partial charge on any atom is -0.493 e. The molecule has 0 aliphatic rings. The number of hydrogen-bond acceptors (Lipinski definition) is 5. The second kappa shape index (κ2) is 24.8. The second-order valence-electron chi connectivity index (χ2n) is 16.6. The van der Waals surface area contributed by atoms with E-state index in [-0.39, 0.29) is 11.5 Å². The Morgan fingerprint density at radius 2 is 1.40 bits per heavy atom. The summed E-state index contributed by atoms with van der Waals surface area (Å²) >= 11 is 0. The molecule has 0 heterocycles. The van der Waals surface area contributed by atoms with E-state index in [0.717, 1.165) is 50.5 Å². The van der Waals surface area contributed by atoms with Crippen molar-refractivity contribution in [2.24, 2.45) is 5.41 Å². The molecule has 5 nitrogen and oxygen atoms in total. The predicted octanol–water partition coefficient (Wildman–Crippen LogP) is 13.5. The van der Waals surface area contributed by atoms with Crippen LogP contribution in [0.1, 0.15) is 134 Å². The first-order valence-corrected chi connectivity index (χ1v) is 21.9. The van der Waals surface area contributed by atoms with Crippen molar-refractivity contribution in [3.63, 3.8) is 0 Å². The quantitative estimate of drug-likeness (QED) is 0.0664. The Kier molecular flexibility index (Phi) is 22.8. The summed E-state index contributed by atoms with van der Waals surface area (Å²) in [4.78, 5) is 0. The molecule has 0 spiro atoms. The van der Waals surface area contributed by atoms with Crippen LogP contribution in [-0.4, -0.2) is 48.5 Å². The molecule has 52 heavy (non-hydrogen) atoms. The first-order chi connectivity index (χ1) is 24.5. The van der Waals surface area contributed by atoms with E-state index >= 15 is 0 Å². The lowest BCUT2D eigenvalue weighted by Crippen LogP contribution is -2.49. The Bertz CT molecular complexity index is 1270. The third-order valence-corrected chi connectivity index (χ3v) is 16.3. The fourth-order valence-corrected chi connectivity index (χ4v) is 12.5. The van der Waals surface area contributed by atoms with Gasteiger partial charge in [-0.2, -0.15) is 0 Å². The summed E-state index contributed by atoms with van der Waals surface area (Å²) in [5, 5.41) is 0. The topological polar surface area (TPSA) is 46.2 Å². The highest BCUT2D eigenvalue weighted by Gasteiger charge is 2.45. The highest BCUT2D eigenvalue weighted by Crippen LogP contribution is 2.42. The van der Waals surface area contributed by atoms with Crippen LogP contribution in [0, 0.1) is 5.41 Å². The molecule has 1 aromatic carbocycles. The number of rotatable bonds is 27. The molecule has 296 valence electrons.